The van der Waals surface area contributed by atoms with E-state index < -0.39 is 0 Å². The van der Waals surface area contributed by atoms with Crippen LogP contribution in [0.25, 0.3) is 22.3 Å². The molecule has 5 N–H and O–H groups in total. The number of carbonyl (C=O) groups is 1. The zero-order chi connectivity index (χ0) is 18.8. The minimum Gasteiger partial charge on any atom is -0.497 e. The number of methoxy groups -OCH3 is 1. The summed E-state index contributed by atoms with van der Waals surface area (Å²) in [6, 6.07) is 13.2. The molecular weight excluding hydrogens is 344 g/mol. The number of nitrogens with zero attached hydrogens (tertiary/aromatic N) is 2. The van der Waals surface area contributed by atoms with Gasteiger partial charge >= 0.3 is 0 Å². The Morgan fingerprint density at radius 3 is 3.00 bits per heavy atom. The lowest BCUT2D eigenvalue weighted by atomic mass is 10.1. The first kappa shape index (κ1) is 16.6. The third-order valence-electron chi connectivity index (χ3n) is 4.27. The number of hydrogen-bond acceptors (Lipinski definition) is 5. The van der Waals surface area contributed by atoms with E-state index in [-0.39, 0.29) is 5.91 Å². The average Bonchev–Trinajstić information content (AvgIpc) is 3.33. The fourth-order valence-electron chi connectivity index (χ4n) is 2.82. The quantitative estimate of drug-likeness (QED) is 0.434. The molecule has 2 aromatic carbocycles. The number of ether oxygens (including phenoxy) is 1. The van der Waals surface area contributed by atoms with Crippen LogP contribution < -0.4 is 15.8 Å². The lowest BCUT2D eigenvalue weighted by molar-refractivity contribution is 0.0946. The molecule has 0 aliphatic rings. The number of fused-ring (bicyclic) bond motifs is 1. The Bertz CT molecular complexity index is 1110. The lowest BCUT2D eigenvalue weighted by Gasteiger charge is -2.06. The van der Waals surface area contributed by atoms with Crippen LogP contribution in [-0.4, -0.2) is 33.2 Å². The molecule has 1 amide bonds. The summed E-state index contributed by atoms with van der Waals surface area (Å²) in [5.74, 6) is 1.53. The van der Waals surface area contributed by atoms with Gasteiger partial charge in [0.1, 0.15) is 17.3 Å². The van der Waals surface area contributed by atoms with Gasteiger partial charge in [-0.05, 0) is 35.9 Å². The van der Waals surface area contributed by atoms with Crippen molar-refractivity contribution in [3.8, 4) is 17.1 Å². The number of anilines is 1. The number of benzene rings is 2. The van der Waals surface area contributed by atoms with Gasteiger partial charge in [-0.15, -0.1) is 0 Å². The third-order valence-corrected chi connectivity index (χ3v) is 4.27. The summed E-state index contributed by atoms with van der Waals surface area (Å²) in [5.41, 5.74) is 8.84. The maximum atomic E-state index is 12.4. The molecule has 8 nitrogen and oxygen atoms in total. The highest BCUT2D eigenvalue weighted by atomic mass is 16.5. The zero-order valence-corrected chi connectivity index (χ0v) is 14.6. The van der Waals surface area contributed by atoms with Crippen LogP contribution in [0.4, 0.5) is 5.82 Å². The van der Waals surface area contributed by atoms with E-state index in [1.807, 2.05) is 42.5 Å². The van der Waals surface area contributed by atoms with Crippen molar-refractivity contribution in [1.82, 2.24) is 25.5 Å². The van der Waals surface area contributed by atoms with E-state index in [1.165, 1.54) is 6.20 Å². The summed E-state index contributed by atoms with van der Waals surface area (Å²) in [6.45, 7) is 0.391. The highest BCUT2D eigenvalue weighted by molar-refractivity contribution is 5.94. The lowest BCUT2D eigenvalue weighted by Crippen LogP contribution is -2.23. The molecule has 0 spiro atoms. The standard InChI is InChI=1S/C19H18N6O2/c1-27-13-4-2-3-11(7-13)9-22-19(26)16-10-21-18(23-16)12-5-6-15-14(8-12)17(20)25-24-15/h2-8,10H,9H2,1H3,(H,21,23)(H,22,26)(H3,20,24,25). The smallest absolute Gasteiger partial charge is 0.269 e. The summed E-state index contributed by atoms with van der Waals surface area (Å²) < 4.78 is 5.19. The number of aromatic nitrogens is 4. The number of carbonyl (C=O) groups excluding carboxylic acids is 1. The maximum absolute atomic E-state index is 12.4. The van der Waals surface area contributed by atoms with E-state index in [4.69, 9.17) is 10.5 Å². The number of nitrogens with two attached hydrogens (primary N) is 1. The van der Waals surface area contributed by atoms with Gasteiger partial charge in [-0.3, -0.25) is 9.89 Å². The molecule has 0 radical (unpaired) electrons. The fraction of sp³-hybridized carbons (Fsp3) is 0.105. The van der Waals surface area contributed by atoms with Crippen LogP contribution in [-0.2, 0) is 6.54 Å². The van der Waals surface area contributed by atoms with Crippen molar-refractivity contribution >= 4 is 22.6 Å². The van der Waals surface area contributed by atoms with Gasteiger partial charge in [0.2, 0.25) is 0 Å². The summed E-state index contributed by atoms with van der Waals surface area (Å²) in [4.78, 5) is 19.7. The first-order valence-electron chi connectivity index (χ1n) is 8.34. The molecule has 2 aromatic heterocycles. The molecule has 0 bridgehead atoms. The molecule has 27 heavy (non-hydrogen) atoms. The van der Waals surface area contributed by atoms with Gasteiger partial charge in [0.15, 0.2) is 5.82 Å². The summed E-state index contributed by atoms with van der Waals surface area (Å²) in [7, 11) is 1.61. The second-order valence-electron chi connectivity index (χ2n) is 6.05. The number of imidazole rings is 1. The Morgan fingerprint density at radius 2 is 2.15 bits per heavy atom. The molecule has 136 valence electrons. The van der Waals surface area contributed by atoms with Crippen molar-refractivity contribution in [2.24, 2.45) is 0 Å². The number of rotatable bonds is 5. The predicted molar refractivity (Wildman–Crippen MR) is 102 cm³/mol. The van der Waals surface area contributed by atoms with E-state index in [2.05, 4.69) is 25.5 Å². The van der Waals surface area contributed by atoms with Crippen LogP contribution in [0, 0.1) is 0 Å². The molecule has 4 aromatic rings. The van der Waals surface area contributed by atoms with Gasteiger partial charge in [-0.2, -0.15) is 5.10 Å². The minimum atomic E-state index is -0.236. The van der Waals surface area contributed by atoms with Crippen molar-refractivity contribution < 1.29 is 9.53 Å². The highest BCUT2D eigenvalue weighted by Crippen LogP contribution is 2.24. The Labute approximate surface area is 154 Å². The van der Waals surface area contributed by atoms with E-state index in [0.717, 1.165) is 27.8 Å². The summed E-state index contributed by atoms with van der Waals surface area (Å²) in [6.07, 6.45) is 1.51. The second-order valence-corrected chi connectivity index (χ2v) is 6.05. The van der Waals surface area contributed by atoms with E-state index >= 15 is 0 Å². The molecular formula is C19H18N6O2. The van der Waals surface area contributed by atoms with Gasteiger partial charge in [-0.1, -0.05) is 12.1 Å². The summed E-state index contributed by atoms with van der Waals surface area (Å²) in [5, 5.41) is 10.5. The van der Waals surface area contributed by atoms with Crippen LogP contribution in [0.5, 0.6) is 5.75 Å². The average molecular weight is 362 g/mol. The molecule has 0 aliphatic heterocycles. The van der Waals surface area contributed by atoms with Gasteiger partial charge in [0, 0.05) is 17.5 Å². The molecule has 0 aliphatic carbocycles. The minimum absolute atomic E-state index is 0.236. The molecule has 0 unspecified atom stereocenters. The number of aromatic amines is 2. The van der Waals surface area contributed by atoms with Crippen molar-refractivity contribution in [2.75, 3.05) is 12.8 Å². The van der Waals surface area contributed by atoms with Crippen molar-refractivity contribution in [2.45, 2.75) is 6.54 Å². The normalized spacial score (nSPS) is 10.9. The second kappa shape index (κ2) is 6.83. The maximum Gasteiger partial charge on any atom is 0.269 e. The van der Waals surface area contributed by atoms with Crippen molar-refractivity contribution in [3.63, 3.8) is 0 Å². The predicted octanol–water partition coefficient (Wildman–Crippen LogP) is 2.47. The number of hydrogen-bond donors (Lipinski definition) is 4. The molecule has 0 atom stereocenters. The first-order chi connectivity index (χ1) is 13.1. The number of nitrogens with one attached hydrogen (secondary N) is 3. The van der Waals surface area contributed by atoms with E-state index in [9.17, 15) is 4.79 Å². The highest BCUT2D eigenvalue weighted by Gasteiger charge is 2.12. The van der Waals surface area contributed by atoms with Crippen LogP contribution in [0.2, 0.25) is 0 Å². The summed E-state index contributed by atoms with van der Waals surface area (Å²) >= 11 is 0. The Hall–Kier alpha value is -3.81. The van der Waals surface area contributed by atoms with Crippen LogP contribution in [0.3, 0.4) is 0 Å². The zero-order valence-electron chi connectivity index (χ0n) is 14.6. The van der Waals surface area contributed by atoms with Gasteiger partial charge in [0.05, 0.1) is 18.8 Å². The van der Waals surface area contributed by atoms with Crippen LogP contribution in [0.1, 0.15) is 16.1 Å². The van der Waals surface area contributed by atoms with E-state index in [0.29, 0.717) is 23.9 Å². The van der Waals surface area contributed by atoms with Crippen molar-refractivity contribution in [3.05, 3.63) is 59.9 Å². The van der Waals surface area contributed by atoms with Gasteiger partial charge < -0.3 is 20.8 Å². The fourth-order valence-corrected chi connectivity index (χ4v) is 2.82. The first-order valence-corrected chi connectivity index (χ1v) is 8.34. The van der Waals surface area contributed by atoms with Crippen LogP contribution >= 0.6 is 0 Å². The molecule has 4 rings (SSSR count). The van der Waals surface area contributed by atoms with Crippen LogP contribution in [0.15, 0.2) is 48.7 Å². The molecule has 2 heterocycles. The Kier molecular flexibility index (Phi) is 4.21. The molecule has 8 heteroatoms. The topological polar surface area (TPSA) is 122 Å². The SMILES string of the molecule is COc1cccc(CNC(=O)c2cnc(-c3ccc4[nH]nc(N)c4c3)[nH]2)c1. The Morgan fingerprint density at radius 1 is 1.26 bits per heavy atom. The third kappa shape index (κ3) is 3.32. The molecule has 0 saturated carbocycles. The number of H-pyrrole nitrogens is 2. The van der Waals surface area contributed by atoms with E-state index in [1.54, 1.807) is 7.11 Å². The van der Waals surface area contributed by atoms with Gasteiger partial charge in [-0.25, -0.2) is 4.98 Å². The molecule has 0 saturated heterocycles. The largest absolute Gasteiger partial charge is 0.497 e. The monoisotopic (exact) mass is 362 g/mol. The van der Waals surface area contributed by atoms with Gasteiger partial charge in [0.25, 0.3) is 5.91 Å². The van der Waals surface area contributed by atoms with Crippen molar-refractivity contribution in [1.29, 1.82) is 0 Å². The number of amides is 1. The Balaban J connectivity index is 1.49. The number of nitrogen functional groups attached to an aromatic ring is 1. The molecule has 0 fully saturated rings.